The molecule has 1 aromatic heterocycles. The number of rotatable bonds is 1. The largest absolute Gasteiger partial charge is 0.308 e. The molecule has 1 aromatic rings. The molecule has 0 fully saturated rings. The van der Waals surface area contributed by atoms with Crippen molar-refractivity contribution in [1.29, 1.82) is 0 Å². The predicted octanol–water partition coefficient (Wildman–Crippen LogP) is 0.721. The summed E-state index contributed by atoms with van der Waals surface area (Å²) in [6, 6.07) is 3.66. The molecular weight excluding hydrogens is 234 g/mol. The topological polar surface area (TPSA) is 54.4 Å². The Bertz CT molecular complexity index is 371. The number of hydrogen-bond donors (Lipinski definition) is 1. The molecular formula is C8H6BrN3O. The highest BCUT2D eigenvalue weighted by molar-refractivity contribution is 9.10. The van der Waals surface area contributed by atoms with Gasteiger partial charge in [-0.05, 0) is 28.1 Å². The number of halogens is 1. The van der Waals surface area contributed by atoms with Gasteiger partial charge in [0.15, 0.2) is 5.84 Å². The molecule has 5 heteroatoms. The van der Waals surface area contributed by atoms with Crippen LogP contribution >= 0.6 is 15.9 Å². The average Bonchev–Trinajstić information content (AvgIpc) is 2.53. The van der Waals surface area contributed by atoms with Gasteiger partial charge < -0.3 is 5.32 Å². The van der Waals surface area contributed by atoms with Crippen molar-refractivity contribution in [3.05, 3.63) is 28.5 Å². The Balaban J connectivity index is 2.27. The number of carbonyl (C=O) groups is 1. The minimum absolute atomic E-state index is 0.0836. The van der Waals surface area contributed by atoms with Crippen molar-refractivity contribution in [3.63, 3.8) is 0 Å². The molecule has 1 aliphatic rings. The summed E-state index contributed by atoms with van der Waals surface area (Å²) in [6.07, 6.45) is 1.67. The van der Waals surface area contributed by atoms with Gasteiger partial charge in [0.1, 0.15) is 12.2 Å². The number of amidine groups is 1. The third kappa shape index (κ3) is 1.75. The third-order valence-electron chi connectivity index (χ3n) is 1.61. The molecule has 13 heavy (non-hydrogen) atoms. The zero-order chi connectivity index (χ0) is 9.26. The summed E-state index contributed by atoms with van der Waals surface area (Å²) in [5.74, 6) is 0.470. The van der Waals surface area contributed by atoms with Crippen LogP contribution in [0.15, 0.2) is 27.8 Å². The third-order valence-corrected chi connectivity index (χ3v) is 2.08. The van der Waals surface area contributed by atoms with E-state index in [1.807, 2.05) is 6.07 Å². The molecule has 66 valence electrons. The Morgan fingerprint density at radius 1 is 1.46 bits per heavy atom. The molecule has 0 radical (unpaired) electrons. The zero-order valence-corrected chi connectivity index (χ0v) is 8.21. The fourth-order valence-electron chi connectivity index (χ4n) is 1.02. The molecule has 0 saturated carbocycles. The van der Waals surface area contributed by atoms with E-state index in [4.69, 9.17) is 0 Å². The standard InChI is InChI=1S/C8H6BrN3O/c9-5-1-2-6(10-3-5)8-11-4-7(13)12-8/h1-3H,4H2,(H,11,12,13). The maximum Gasteiger partial charge on any atom is 0.247 e. The van der Waals surface area contributed by atoms with Gasteiger partial charge in [0, 0.05) is 10.7 Å². The highest BCUT2D eigenvalue weighted by Gasteiger charge is 2.15. The highest BCUT2D eigenvalue weighted by atomic mass is 79.9. The number of aromatic nitrogens is 1. The second kappa shape index (κ2) is 3.26. The van der Waals surface area contributed by atoms with Gasteiger partial charge in [-0.1, -0.05) is 0 Å². The fourth-order valence-corrected chi connectivity index (χ4v) is 1.26. The van der Waals surface area contributed by atoms with Crippen LogP contribution in [0.1, 0.15) is 5.69 Å². The Morgan fingerprint density at radius 2 is 2.31 bits per heavy atom. The first-order chi connectivity index (χ1) is 6.25. The molecule has 0 aliphatic carbocycles. The number of aliphatic imine (C=N–C) groups is 1. The van der Waals surface area contributed by atoms with Gasteiger partial charge >= 0.3 is 0 Å². The number of nitrogens with zero attached hydrogens (tertiary/aromatic N) is 2. The Kier molecular flexibility index (Phi) is 2.10. The van der Waals surface area contributed by atoms with E-state index in [2.05, 4.69) is 31.2 Å². The van der Waals surface area contributed by atoms with E-state index in [9.17, 15) is 4.79 Å². The maximum absolute atomic E-state index is 10.8. The smallest absolute Gasteiger partial charge is 0.247 e. The van der Waals surface area contributed by atoms with Crippen molar-refractivity contribution < 1.29 is 4.79 Å². The quantitative estimate of drug-likeness (QED) is 0.786. The summed E-state index contributed by atoms with van der Waals surface area (Å²) in [5.41, 5.74) is 0.689. The number of amides is 1. The van der Waals surface area contributed by atoms with E-state index in [-0.39, 0.29) is 12.5 Å². The van der Waals surface area contributed by atoms with E-state index >= 15 is 0 Å². The van der Waals surface area contributed by atoms with Crippen molar-refractivity contribution in [1.82, 2.24) is 10.3 Å². The SMILES string of the molecule is O=C1CN=C(c2ccc(Br)cn2)N1. The van der Waals surface area contributed by atoms with Gasteiger partial charge in [0.05, 0.1) is 0 Å². The van der Waals surface area contributed by atoms with Crippen LogP contribution in [-0.2, 0) is 4.79 Å². The minimum Gasteiger partial charge on any atom is -0.308 e. The Morgan fingerprint density at radius 3 is 2.85 bits per heavy atom. The maximum atomic E-state index is 10.8. The van der Waals surface area contributed by atoms with E-state index in [0.29, 0.717) is 11.5 Å². The van der Waals surface area contributed by atoms with Crippen LogP contribution in [0.3, 0.4) is 0 Å². The minimum atomic E-state index is -0.0836. The average molecular weight is 240 g/mol. The molecule has 0 spiro atoms. The molecule has 0 aromatic carbocycles. The predicted molar refractivity (Wildman–Crippen MR) is 51.5 cm³/mol. The van der Waals surface area contributed by atoms with Crippen molar-refractivity contribution in [2.45, 2.75) is 0 Å². The van der Waals surface area contributed by atoms with Crippen LogP contribution in [0.5, 0.6) is 0 Å². The lowest BCUT2D eigenvalue weighted by Gasteiger charge is -1.99. The molecule has 1 N–H and O–H groups in total. The summed E-state index contributed by atoms with van der Waals surface area (Å²) < 4.78 is 0.904. The van der Waals surface area contributed by atoms with Gasteiger partial charge in [0.2, 0.25) is 5.91 Å². The summed E-state index contributed by atoms with van der Waals surface area (Å²) in [7, 11) is 0. The lowest BCUT2D eigenvalue weighted by atomic mass is 10.3. The lowest BCUT2D eigenvalue weighted by molar-refractivity contribution is -0.117. The molecule has 0 bridgehead atoms. The van der Waals surface area contributed by atoms with Gasteiger partial charge in [-0.2, -0.15) is 0 Å². The zero-order valence-electron chi connectivity index (χ0n) is 6.62. The van der Waals surface area contributed by atoms with Crippen LogP contribution in [0.2, 0.25) is 0 Å². The summed E-state index contributed by atoms with van der Waals surface area (Å²) >= 11 is 3.28. The Labute approximate surface area is 83.2 Å². The second-order valence-corrected chi connectivity index (χ2v) is 3.49. The fraction of sp³-hybridized carbons (Fsp3) is 0.125. The molecule has 0 unspecified atom stereocenters. The van der Waals surface area contributed by atoms with Gasteiger partial charge in [-0.3, -0.25) is 14.8 Å². The molecule has 1 aliphatic heterocycles. The van der Waals surface area contributed by atoms with Crippen LogP contribution < -0.4 is 5.32 Å². The van der Waals surface area contributed by atoms with E-state index in [1.165, 1.54) is 0 Å². The van der Waals surface area contributed by atoms with Gasteiger partial charge in [0.25, 0.3) is 0 Å². The summed E-state index contributed by atoms with van der Waals surface area (Å²) in [6.45, 7) is 0.201. The number of nitrogens with one attached hydrogen (secondary N) is 1. The van der Waals surface area contributed by atoms with Crippen LogP contribution in [0.25, 0.3) is 0 Å². The first-order valence-electron chi connectivity index (χ1n) is 3.72. The van der Waals surface area contributed by atoms with Crippen LogP contribution in [-0.4, -0.2) is 23.3 Å². The first kappa shape index (κ1) is 8.37. The van der Waals surface area contributed by atoms with Gasteiger partial charge in [-0.25, -0.2) is 0 Å². The van der Waals surface area contributed by atoms with Gasteiger partial charge in [-0.15, -0.1) is 0 Å². The van der Waals surface area contributed by atoms with Crippen LogP contribution in [0.4, 0.5) is 0 Å². The molecule has 4 nitrogen and oxygen atoms in total. The molecule has 2 heterocycles. The van der Waals surface area contributed by atoms with E-state index in [0.717, 1.165) is 4.47 Å². The monoisotopic (exact) mass is 239 g/mol. The van der Waals surface area contributed by atoms with Crippen LogP contribution in [0, 0.1) is 0 Å². The van der Waals surface area contributed by atoms with Crippen molar-refractivity contribution >= 4 is 27.7 Å². The normalized spacial score (nSPS) is 15.5. The first-order valence-corrected chi connectivity index (χ1v) is 4.51. The van der Waals surface area contributed by atoms with E-state index in [1.54, 1.807) is 12.3 Å². The van der Waals surface area contributed by atoms with Crippen molar-refractivity contribution in [3.8, 4) is 0 Å². The second-order valence-electron chi connectivity index (χ2n) is 2.57. The number of pyridine rings is 1. The summed E-state index contributed by atoms with van der Waals surface area (Å²) in [4.78, 5) is 18.9. The Hall–Kier alpha value is -1.23. The summed E-state index contributed by atoms with van der Waals surface area (Å²) in [5, 5.41) is 2.62. The van der Waals surface area contributed by atoms with E-state index < -0.39 is 0 Å². The molecule has 0 atom stereocenters. The lowest BCUT2D eigenvalue weighted by Crippen LogP contribution is -2.25. The molecule has 1 amide bonds. The number of carbonyl (C=O) groups excluding carboxylic acids is 1. The van der Waals surface area contributed by atoms with Crippen molar-refractivity contribution in [2.24, 2.45) is 4.99 Å². The molecule has 0 saturated heterocycles. The highest BCUT2D eigenvalue weighted by Crippen LogP contribution is 2.08. The number of hydrogen-bond acceptors (Lipinski definition) is 3. The molecule has 2 rings (SSSR count). The van der Waals surface area contributed by atoms with Crippen molar-refractivity contribution in [2.75, 3.05) is 6.54 Å².